The predicted molar refractivity (Wildman–Crippen MR) is 148 cm³/mol. The van der Waals surface area contributed by atoms with E-state index >= 15 is 0 Å². The zero-order valence-corrected chi connectivity index (χ0v) is 21.4. The Kier molecular flexibility index (Phi) is 9.28. The first-order chi connectivity index (χ1) is 16.1. The summed E-state index contributed by atoms with van der Waals surface area (Å²) < 4.78 is -0.315. The van der Waals surface area contributed by atoms with E-state index < -0.39 is 0 Å². The lowest BCUT2D eigenvalue weighted by molar-refractivity contribution is 0.855. The van der Waals surface area contributed by atoms with Crippen molar-refractivity contribution in [1.82, 2.24) is 0 Å². The van der Waals surface area contributed by atoms with Gasteiger partial charge in [-0.15, -0.1) is 11.8 Å². The second-order valence-corrected chi connectivity index (χ2v) is 9.43. The lowest BCUT2D eigenvalue weighted by Crippen LogP contribution is -2.28. The molecule has 4 heteroatoms. The zero-order valence-electron chi connectivity index (χ0n) is 20.6. The Morgan fingerprint density at radius 2 is 1.00 bits per heavy atom. The van der Waals surface area contributed by atoms with Crippen molar-refractivity contribution in [3.8, 4) is 0 Å². The maximum Gasteiger partial charge on any atom is 0.0907 e. The van der Waals surface area contributed by atoms with Gasteiger partial charge in [0.15, 0.2) is 0 Å². The highest BCUT2D eigenvalue weighted by Crippen LogP contribution is 2.49. The zero-order chi connectivity index (χ0) is 23.7. The maximum absolute atomic E-state index is 6.04. The third kappa shape index (κ3) is 5.39. The fourth-order valence-electron chi connectivity index (χ4n) is 4.63. The molecular weight excluding hydrogens is 422 g/mol. The minimum Gasteiger partial charge on any atom is -0.372 e. The van der Waals surface area contributed by atoms with Crippen molar-refractivity contribution in [3.63, 3.8) is 0 Å². The molecule has 0 aliphatic heterocycles. The smallest absolute Gasteiger partial charge is 0.0907 e. The molecule has 176 valence electrons. The van der Waals surface area contributed by atoms with Crippen LogP contribution in [0.1, 0.15) is 44.4 Å². The largest absolute Gasteiger partial charge is 0.372 e. The molecule has 0 radical (unpaired) electrons. The molecule has 0 unspecified atom stereocenters. The molecule has 0 heterocycles. The average Bonchev–Trinajstić information content (AvgIpc) is 2.88. The van der Waals surface area contributed by atoms with E-state index in [1.54, 1.807) is 0 Å². The van der Waals surface area contributed by atoms with Crippen LogP contribution >= 0.6 is 11.8 Å². The van der Waals surface area contributed by atoms with Crippen molar-refractivity contribution < 1.29 is 0 Å². The molecule has 0 fully saturated rings. The van der Waals surface area contributed by atoms with Crippen LogP contribution in [0.25, 0.3) is 0 Å². The van der Waals surface area contributed by atoms with Crippen molar-refractivity contribution in [1.29, 1.82) is 0 Å². The highest BCUT2D eigenvalue weighted by atomic mass is 32.2. The summed E-state index contributed by atoms with van der Waals surface area (Å²) in [5.74, 6) is 0.879. The summed E-state index contributed by atoms with van der Waals surface area (Å²) in [5, 5.41) is 0. The third-order valence-corrected chi connectivity index (χ3v) is 8.00. The number of anilines is 2. The van der Waals surface area contributed by atoms with Crippen LogP contribution in [0.2, 0.25) is 0 Å². The number of benzene rings is 3. The van der Waals surface area contributed by atoms with Gasteiger partial charge in [0.05, 0.1) is 4.75 Å². The Morgan fingerprint density at radius 3 is 1.36 bits per heavy atom. The molecule has 0 aliphatic carbocycles. The van der Waals surface area contributed by atoms with E-state index in [0.717, 1.165) is 31.9 Å². The monoisotopic (exact) mass is 461 g/mol. The molecular formula is C29H39N3S. The van der Waals surface area contributed by atoms with E-state index in [2.05, 4.69) is 116 Å². The number of hydrogen-bond donors (Lipinski definition) is 1. The van der Waals surface area contributed by atoms with E-state index in [-0.39, 0.29) is 4.75 Å². The maximum atomic E-state index is 6.04. The molecule has 3 aromatic carbocycles. The van der Waals surface area contributed by atoms with Crippen LogP contribution < -0.4 is 15.5 Å². The van der Waals surface area contributed by atoms with Gasteiger partial charge in [0.2, 0.25) is 0 Å². The highest BCUT2D eigenvalue weighted by molar-refractivity contribution is 8.00. The van der Waals surface area contributed by atoms with Gasteiger partial charge in [-0.1, -0.05) is 54.6 Å². The first kappa shape index (κ1) is 25.2. The summed E-state index contributed by atoms with van der Waals surface area (Å²) in [4.78, 5) is 4.78. The van der Waals surface area contributed by atoms with Crippen LogP contribution in [-0.4, -0.2) is 38.5 Å². The lowest BCUT2D eigenvalue weighted by atomic mass is 9.83. The van der Waals surface area contributed by atoms with Crippen molar-refractivity contribution in [2.45, 2.75) is 32.4 Å². The summed E-state index contributed by atoms with van der Waals surface area (Å²) in [7, 11) is 0. The highest BCUT2D eigenvalue weighted by Gasteiger charge is 2.37. The van der Waals surface area contributed by atoms with E-state index in [9.17, 15) is 0 Å². The van der Waals surface area contributed by atoms with Gasteiger partial charge in [-0.3, -0.25) is 0 Å². The minimum absolute atomic E-state index is 0.315. The molecule has 0 bridgehead atoms. The van der Waals surface area contributed by atoms with Crippen molar-refractivity contribution in [2.24, 2.45) is 5.73 Å². The lowest BCUT2D eigenvalue weighted by Gasteiger charge is -2.36. The van der Waals surface area contributed by atoms with Crippen molar-refractivity contribution in [2.75, 3.05) is 48.3 Å². The SMILES string of the molecule is CCN(CC)c1ccc(C(SCCN)(c2ccccc2)c2ccc(N(CC)CC)cc2)cc1. The molecule has 33 heavy (non-hydrogen) atoms. The number of nitrogens with zero attached hydrogens (tertiary/aromatic N) is 2. The van der Waals surface area contributed by atoms with Gasteiger partial charge in [-0.05, 0) is 68.7 Å². The fourth-order valence-corrected chi connectivity index (χ4v) is 5.96. The normalized spacial score (nSPS) is 11.4. The van der Waals surface area contributed by atoms with Gasteiger partial charge in [0.25, 0.3) is 0 Å². The van der Waals surface area contributed by atoms with E-state index in [1.807, 2.05) is 11.8 Å². The average molecular weight is 462 g/mol. The van der Waals surface area contributed by atoms with Crippen LogP contribution in [0.15, 0.2) is 78.9 Å². The van der Waals surface area contributed by atoms with Crippen LogP contribution in [0.4, 0.5) is 11.4 Å². The molecule has 0 aliphatic rings. The Hall–Kier alpha value is -2.43. The van der Waals surface area contributed by atoms with Gasteiger partial charge in [0.1, 0.15) is 0 Å². The Balaban J connectivity index is 2.17. The topological polar surface area (TPSA) is 32.5 Å². The predicted octanol–water partition coefficient (Wildman–Crippen LogP) is 6.36. The van der Waals surface area contributed by atoms with Crippen molar-refractivity contribution in [3.05, 3.63) is 95.6 Å². The van der Waals surface area contributed by atoms with E-state index in [0.29, 0.717) is 6.54 Å². The number of rotatable bonds is 12. The first-order valence-electron chi connectivity index (χ1n) is 12.2. The Bertz CT molecular complexity index is 891. The van der Waals surface area contributed by atoms with Crippen LogP contribution in [0.5, 0.6) is 0 Å². The molecule has 3 aromatic rings. The van der Waals surface area contributed by atoms with Gasteiger partial charge in [-0.2, -0.15) is 0 Å². The Labute approximate surface area is 205 Å². The Morgan fingerprint density at radius 1 is 0.606 bits per heavy atom. The van der Waals surface area contributed by atoms with Crippen LogP contribution in [0.3, 0.4) is 0 Å². The first-order valence-corrected chi connectivity index (χ1v) is 13.2. The number of nitrogens with two attached hydrogens (primary N) is 1. The standard InChI is InChI=1S/C29H39N3S/c1-5-31(6-2)27-18-14-25(15-19-27)29(33-23-22-30,24-12-10-9-11-13-24)26-16-20-28(21-17-26)32(7-3)8-4/h9-21H,5-8,22-23,30H2,1-4H3. The second kappa shape index (κ2) is 12.2. The molecule has 0 amide bonds. The molecule has 3 rings (SSSR count). The third-order valence-electron chi connectivity index (χ3n) is 6.42. The van der Waals surface area contributed by atoms with Gasteiger partial charge in [-0.25, -0.2) is 0 Å². The summed E-state index contributed by atoms with van der Waals surface area (Å²) in [6, 6.07) is 29.2. The summed E-state index contributed by atoms with van der Waals surface area (Å²) in [6.45, 7) is 13.5. The summed E-state index contributed by atoms with van der Waals surface area (Å²) >= 11 is 1.93. The summed E-state index contributed by atoms with van der Waals surface area (Å²) in [5.41, 5.74) is 12.4. The van der Waals surface area contributed by atoms with E-state index in [4.69, 9.17) is 5.73 Å². The van der Waals surface area contributed by atoms with Gasteiger partial charge in [0, 0.05) is 49.9 Å². The van der Waals surface area contributed by atoms with Crippen molar-refractivity contribution >= 4 is 23.1 Å². The van der Waals surface area contributed by atoms with Gasteiger partial charge < -0.3 is 15.5 Å². The van der Waals surface area contributed by atoms with E-state index in [1.165, 1.54) is 28.1 Å². The molecule has 3 nitrogen and oxygen atoms in total. The quantitative estimate of drug-likeness (QED) is 0.318. The molecule has 0 saturated heterocycles. The molecule has 0 saturated carbocycles. The van der Waals surface area contributed by atoms with Crippen LogP contribution in [-0.2, 0) is 4.75 Å². The number of hydrogen-bond acceptors (Lipinski definition) is 4. The van der Waals surface area contributed by atoms with Crippen LogP contribution in [0, 0.1) is 0 Å². The second-order valence-electron chi connectivity index (χ2n) is 8.12. The molecule has 2 N–H and O–H groups in total. The summed E-state index contributed by atoms with van der Waals surface area (Å²) in [6.07, 6.45) is 0. The molecule has 0 spiro atoms. The fraction of sp³-hybridized carbons (Fsp3) is 0.379. The number of thioether (sulfide) groups is 1. The molecule has 0 atom stereocenters. The van der Waals surface area contributed by atoms with Gasteiger partial charge >= 0.3 is 0 Å². The molecule has 0 aromatic heterocycles. The minimum atomic E-state index is -0.315.